The van der Waals surface area contributed by atoms with Crippen molar-refractivity contribution in [2.24, 2.45) is 5.73 Å². The second kappa shape index (κ2) is 5.59. The number of aryl methyl sites for hydroxylation is 1. The minimum atomic E-state index is -0.111. The summed E-state index contributed by atoms with van der Waals surface area (Å²) >= 11 is 0. The van der Waals surface area contributed by atoms with E-state index in [1.54, 1.807) is 16.8 Å². The van der Waals surface area contributed by atoms with Crippen LogP contribution >= 0.6 is 0 Å². The Labute approximate surface area is 105 Å². The molecular weight excluding hydrogens is 232 g/mol. The number of furan rings is 1. The van der Waals surface area contributed by atoms with Gasteiger partial charge in [0.25, 0.3) is 0 Å². The third-order valence-corrected chi connectivity index (χ3v) is 2.59. The highest BCUT2D eigenvalue weighted by Gasteiger charge is 2.15. The topological polar surface area (TPSA) is 86.9 Å². The second-order valence-corrected chi connectivity index (χ2v) is 3.97. The Morgan fingerprint density at radius 3 is 3.00 bits per heavy atom. The monoisotopic (exact) mass is 248 g/mol. The normalized spacial score (nSPS) is 10.8. The molecule has 2 aromatic rings. The molecule has 0 aliphatic carbocycles. The molecule has 0 radical (unpaired) electrons. The number of aromatic nitrogens is 3. The Morgan fingerprint density at radius 1 is 1.50 bits per heavy atom. The highest BCUT2D eigenvalue weighted by atomic mass is 16.3. The lowest BCUT2D eigenvalue weighted by molar-refractivity contribution is 0.0961. The zero-order chi connectivity index (χ0) is 13.0. The number of nitrogens with two attached hydrogens (primary N) is 1. The van der Waals surface area contributed by atoms with Crippen LogP contribution in [0.2, 0.25) is 0 Å². The van der Waals surface area contributed by atoms with E-state index in [4.69, 9.17) is 10.2 Å². The molecule has 0 fully saturated rings. The Bertz CT molecular complexity index is 530. The van der Waals surface area contributed by atoms with Crippen molar-refractivity contribution in [3.8, 4) is 0 Å². The fraction of sp³-hybridized carbons (Fsp3) is 0.417. The van der Waals surface area contributed by atoms with Crippen LogP contribution in [0.1, 0.15) is 35.5 Å². The maximum Gasteiger partial charge on any atom is 0.205 e. The Morgan fingerprint density at radius 2 is 2.33 bits per heavy atom. The molecule has 2 aromatic heterocycles. The van der Waals surface area contributed by atoms with E-state index in [0.717, 1.165) is 13.0 Å². The van der Waals surface area contributed by atoms with E-state index in [1.807, 2.05) is 6.92 Å². The number of Topliss-reactive ketones (excluding diaryl/α,β-unsaturated/α-hetero) is 1. The van der Waals surface area contributed by atoms with Crippen molar-refractivity contribution < 1.29 is 9.21 Å². The van der Waals surface area contributed by atoms with Crippen LogP contribution in [0.5, 0.6) is 0 Å². The molecule has 0 bridgehead atoms. The summed E-state index contributed by atoms with van der Waals surface area (Å²) < 4.78 is 7.05. The first-order chi connectivity index (χ1) is 8.74. The summed E-state index contributed by atoms with van der Waals surface area (Å²) in [6.45, 7) is 3.10. The van der Waals surface area contributed by atoms with Crippen molar-refractivity contribution in [3.05, 3.63) is 35.8 Å². The summed E-state index contributed by atoms with van der Waals surface area (Å²) in [7, 11) is 0. The molecule has 0 saturated heterocycles. The number of carbonyl (C=O) groups excluding carboxylic acids is 1. The third kappa shape index (κ3) is 2.65. The van der Waals surface area contributed by atoms with Gasteiger partial charge in [-0.1, -0.05) is 6.92 Å². The fourth-order valence-electron chi connectivity index (χ4n) is 1.69. The summed E-state index contributed by atoms with van der Waals surface area (Å²) in [6.07, 6.45) is 2.60. The molecule has 0 aromatic carbocycles. The number of hydrogen-bond donors (Lipinski definition) is 1. The summed E-state index contributed by atoms with van der Waals surface area (Å²) in [4.78, 5) is 16.1. The Hall–Kier alpha value is -1.95. The average molecular weight is 248 g/mol. The SMILES string of the molecule is CCCn1ncnc1CC(=O)c1ccc(CN)o1. The van der Waals surface area contributed by atoms with Gasteiger partial charge in [0.2, 0.25) is 5.78 Å². The van der Waals surface area contributed by atoms with Crippen molar-refractivity contribution in [1.82, 2.24) is 14.8 Å². The molecule has 0 spiro atoms. The molecular formula is C12H16N4O2. The van der Waals surface area contributed by atoms with Crippen molar-refractivity contribution in [2.75, 3.05) is 0 Å². The van der Waals surface area contributed by atoms with Crippen molar-refractivity contribution in [2.45, 2.75) is 32.9 Å². The molecule has 2 rings (SSSR count). The van der Waals surface area contributed by atoms with Crippen molar-refractivity contribution in [3.63, 3.8) is 0 Å². The summed E-state index contributed by atoms with van der Waals surface area (Å²) in [5.41, 5.74) is 5.43. The van der Waals surface area contributed by atoms with Crippen LogP contribution in [0.15, 0.2) is 22.9 Å². The van der Waals surface area contributed by atoms with E-state index in [0.29, 0.717) is 23.9 Å². The average Bonchev–Trinajstić information content (AvgIpc) is 2.99. The van der Waals surface area contributed by atoms with Gasteiger partial charge in [-0.05, 0) is 18.6 Å². The standard InChI is InChI=1S/C12H16N4O2/c1-2-5-16-12(14-8-15-16)6-10(17)11-4-3-9(7-13)18-11/h3-4,8H,2,5-7,13H2,1H3. The number of nitrogens with zero attached hydrogens (tertiary/aromatic N) is 3. The molecule has 2 heterocycles. The number of hydrogen-bond acceptors (Lipinski definition) is 5. The molecule has 6 nitrogen and oxygen atoms in total. The zero-order valence-electron chi connectivity index (χ0n) is 10.3. The van der Waals surface area contributed by atoms with Gasteiger partial charge in [0, 0.05) is 6.54 Å². The molecule has 0 aliphatic rings. The number of rotatable bonds is 6. The fourth-order valence-corrected chi connectivity index (χ4v) is 1.69. The van der Waals surface area contributed by atoms with Gasteiger partial charge in [-0.15, -0.1) is 0 Å². The van der Waals surface area contributed by atoms with Gasteiger partial charge in [0.1, 0.15) is 17.9 Å². The molecule has 0 saturated carbocycles. The third-order valence-electron chi connectivity index (χ3n) is 2.59. The van der Waals surface area contributed by atoms with Crippen LogP contribution in [0.3, 0.4) is 0 Å². The molecule has 0 unspecified atom stereocenters. The lowest BCUT2D eigenvalue weighted by Crippen LogP contribution is -2.11. The quantitative estimate of drug-likeness (QED) is 0.775. The number of carbonyl (C=O) groups is 1. The van der Waals surface area contributed by atoms with Crippen LogP contribution < -0.4 is 5.73 Å². The first kappa shape index (κ1) is 12.5. The first-order valence-corrected chi connectivity index (χ1v) is 5.93. The van der Waals surface area contributed by atoms with E-state index in [9.17, 15) is 4.79 Å². The van der Waals surface area contributed by atoms with E-state index in [1.165, 1.54) is 6.33 Å². The predicted octanol–water partition coefficient (Wildman–Crippen LogP) is 1.17. The van der Waals surface area contributed by atoms with Crippen molar-refractivity contribution in [1.29, 1.82) is 0 Å². The van der Waals surface area contributed by atoms with Gasteiger partial charge in [0.05, 0.1) is 13.0 Å². The predicted molar refractivity (Wildman–Crippen MR) is 64.9 cm³/mol. The molecule has 0 aliphatic heterocycles. The van der Waals surface area contributed by atoms with Crippen molar-refractivity contribution >= 4 is 5.78 Å². The Kier molecular flexibility index (Phi) is 3.88. The smallest absolute Gasteiger partial charge is 0.205 e. The molecule has 18 heavy (non-hydrogen) atoms. The van der Waals surface area contributed by atoms with E-state index in [-0.39, 0.29) is 12.2 Å². The largest absolute Gasteiger partial charge is 0.457 e. The highest BCUT2D eigenvalue weighted by molar-refractivity contribution is 5.94. The van der Waals surface area contributed by atoms with Crippen LogP contribution in [0.25, 0.3) is 0 Å². The maximum atomic E-state index is 12.0. The van der Waals surface area contributed by atoms with E-state index in [2.05, 4.69) is 10.1 Å². The van der Waals surface area contributed by atoms with Gasteiger partial charge >= 0.3 is 0 Å². The molecule has 0 atom stereocenters. The van der Waals surface area contributed by atoms with Gasteiger partial charge in [-0.2, -0.15) is 5.10 Å². The van der Waals surface area contributed by atoms with Gasteiger partial charge < -0.3 is 10.2 Å². The molecule has 0 amide bonds. The molecule has 96 valence electrons. The van der Waals surface area contributed by atoms with Crippen LogP contribution in [-0.4, -0.2) is 20.5 Å². The molecule has 2 N–H and O–H groups in total. The minimum absolute atomic E-state index is 0.111. The lowest BCUT2D eigenvalue weighted by Gasteiger charge is -2.02. The van der Waals surface area contributed by atoms with Crippen LogP contribution in [0.4, 0.5) is 0 Å². The zero-order valence-corrected chi connectivity index (χ0v) is 10.3. The summed E-state index contributed by atoms with van der Waals surface area (Å²) in [5, 5.41) is 4.08. The maximum absolute atomic E-state index is 12.0. The minimum Gasteiger partial charge on any atom is -0.457 e. The van der Waals surface area contributed by atoms with Crippen LogP contribution in [-0.2, 0) is 19.5 Å². The first-order valence-electron chi connectivity index (χ1n) is 5.93. The van der Waals surface area contributed by atoms with E-state index >= 15 is 0 Å². The lowest BCUT2D eigenvalue weighted by atomic mass is 10.2. The van der Waals surface area contributed by atoms with Crippen LogP contribution in [0, 0.1) is 0 Å². The van der Waals surface area contributed by atoms with Gasteiger partial charge in [-0.3, -0.25) is 4.79 Å². The Balaban J connectivity index is 2.08. The van der Waals surface area contributed by atoms with E-state index < -0.39 is 0 Å². The summed E-state index contributed by atoms with van der Waals surface area (Å²) in [6, 6.07) is 3.36. The number of ketones is 1. The van der Waals surface area contributed by atoms with Gasteiger partial charge in [0.15, 0.2) is 5.76 Å². The van der Waals surface area contributed by atoms with Gasteiger partial charge in [-0.25, -0.2) is 9.67 Å². The highest BCUT2D eigenvalue weighted by Crippen LogP contribution is 2.10. The molecule has 6 heteroatoms. The second-order valence-electron chi connectivity index (χ2n) is 3.97. The summed E-state index contributed by atoms with van der Waals surface area (Å²) in [5.74, 6) is 1.47.